The average Bonchev–Trinajstić information content (AvgIpc) is 2.92. The van der Waals surface area contributed by atoms with Gasteiger partial charge in [-0.05, 0) is 98.2 Å². The largest absolute Gasteiger partial charge is 0.481 e. The van der Waals surface area contributed by atoms with Crippen molar-refractivity contribution in [2.45, 2.75) is 97.0 Å². The molecule has 0 radical (unpaired) electrons. The first-order valence-corrected chi connectivity index (χ1v) is 11.3. The van der Waals surface area contributed by atoms with Gasteiger partial charge in [0.05, 0.1) is 6.10 Å². The van der Waals surface area contributed by atoms with Crippen LogP contribution in [0, 0.1) is 40.4 Å². The smallest absolute Gasteiger partial charge is 0.303 e. The number of aliphatic hydroxyl groups is 1. The molecule has 26 heavy (non-hydrogen) atoms. The van der Waals surface area contributed by atoms with Crippen molar-refractivity contribution in [2.75, 3.05) is 0 Å². The second-order valence-electron chi connectivity index (χ2n) is 10.6. The molecule has 0 aliphatic heterocycles. The van der Waals surface area contributed by atoms with Gasteiger partial charge in [0.25, 0.3) is 0 Å². The van der Waals surface area contributed by atoms with Crippen LogP contribution in [0.5, 0.6) is 0 Å². The molecular weight excluding hydrogens is 324 g/mol. The summed E-state index contributed by atoms with van der Waals surface area (Å²) in [5.41, 5.74) is 0.795. The molecular formula is C23H38O3. The highest BCUT2D eigenvalue weighted by Gasteiger charge is 2.61. The molecule has 4 fully saturated rings. The SMILES string of the molecule is C[C@]12CCCCC1CC(O)C1C2CC[C@@]2(C)C1CC[C@@H]2CCCC(=O)O. The first kappa shape index (κ1) is 18.8. The third-order valence-corrected chi connectivity index (χ3v) is 9.74. The van der Waals surface area contributed by atoms with Crippen LogP contribution in [0.25, 0.3) is 0 Å². The number of carboxylic acid groups (broad SMARTS) is 1. The summed E-state index contributed by atoms with van der Waals surface area (Å²) in [6.07, 6.45) is 13.7. The number of rotatable bonds is 4. The summed E-state index contributed by atoms with van der Waals surface area (Å²) in [5, 5.41) is 20.2. The molecule has 2 N–H and O–H groups in total. The van der Waals surface area contributed by atoms with Crippen molar-refractivity contribution < 1.29 is 15.0 Å². The number of aliphatic hydroxyl groups excluding tert-OH is 1. The summed E-state index contributed by atoms with van der Waals surface area (Å²) in [7, 11) is 0. The monoisotopic (exact) mass is 362 g/mol. The highest BCUT2D eigenvalue weighted by atomic mass is 16.4. The van der Waals surface area contributed by atoms with Gasteiger partial charge in [0.15, 0.2) is 0 Å². The second kappa shape index (κ2) is 6.79. The fourth-order valence-electron chi connectivity index (χ4n) is 8.34. The van der Waals surface area contributed by atoms with E-state index in [0.717, 1.165) is 25.2 Å². The van der Waals surface area contributed by atoms with Crippen molar-refractivity contribution in [3.8, 4) is 0 Å². The van der Waals surface area contributed by atoms with Gasteiger partial charge in [0.2, 0.25) is 0 Å². The molecule has 148 valence electrons. The van der Waals surface area contributed by atoms with Gasteiger partial charge < -0.3 is 10.2 Å². The van der Waals surface area contributed by atoms with Crippen molar-refractivity contribution in [1.82, 2.24) is 0 Å². The fourth-order valence-corrected chi connectivity index (χ4v) is 8.34. The molecule has 8 atom stereocenters. The highest BCUT2D eigenvalue weighted by Crippen LogP contribution is 2.67. The molecule has 0 bridgehead atoms. The lowest BCUT2D eigenvalue weighted by molar-refractivity contribution is -0.162. The molecule has 4 saturated carbocycles. The van der Waals surface area contributed by atoms with Crippen molar-refractivity contribution in [3.63, 3.8) is 0 Å². The van der Waals surface area contributed by atoms with E-state index in [0.29, 0.717) is 40.9 Å². The first-order valence-electron chi connectivity index (χ1n) is 11.3. The molecule has 3 heteroatoms. The van der Waals surface area contributed by atoms with Gasteiger partial charge in [-0.15, -0.1) is 0 Å². The predicted octanol–water partition coefficient (Wildman–Crippen LogP) is 5.26. The van der Waals surface area contributed by atoms with E-state index in [1.807, 2.05) is 0 Å². The number of carboxylic acids is 1. The number of carbonyl (C=O) groups is 1. The molecule has 0 aromatic heterocycles. The zero-order valence-corrected chi connectivity index (χ0v) is 16.8. The van der Waals surface area contributed by atoms with Gasteiger partial charge in [-0.3, -0.25) is 4.79 Å². The fraction of sp³-hybridized carbons (Fsp3) is 0.957. The number of hydrogen-bond acceptors (Lipinski definition) is 2. The van der Waals surface area contributed by atoms with Crippen molar-refractivity contribution in [1.29, 1.82) is 0 Å². The number of hydrogen-bond donors (Lipinski definition) is 2. The molecule has 0 heterocycles. The van der Waals surface area contributed by atoms with E-state index in [9.17, 15) is 9.90 Å². The lowest BCUT2D eigenvalue weighted by atomic mass is 9.44. The minimum Gasteiger partial charge on any atom is -0.481 e. The molecule has 4 rings (SSSR count). The van der Waals surface area contributed by atoms with Crippen LogP contribution >= 0.6 is 0 Å². The van der Waals surface area contributed by atoms with Crippen LogP contribution in [-0.2, 0) is 4.79 Å². The molecule has 4 aliphatic carbocycles. The van der Waals surface area contributed by atoms with Crippen LogP contribution in [0.3, 0.4) is 0 Å². The van der Waals surface area contributed by atoms with Gasteiger partial charge in [-0.1, -0.05) is 26.7 Å². The van der Waals surface area contributed by atoms with E-state index >= 15 is 0 Å². The first-order chi connectivity index (χ1) is 12.4. The Bertz CT molecular complexity index is 546. The summed E-state index contributed by atoms with van der Waals surface area (Å²) in [4.78, 5) is 10.9. The molecule has 5 unspecified atom stereocenters. The highest BCUT2D eigenvalue weighted by molar-refractivity contribution is 5.66. The van der Waals surface area contributed by atoms with Crippen molar-refractivity contribution in [3.05, 3.63) is 0 Å². The maximum absolute atomic E-state index is 11.2. The van der Waals surface area contributed by atoms with Crippen LogP contribution < -0.4 is 0 Å². The molecule has 0 aromatic rings. The van der Waals surface area contributed by atoms with Gasteiger partial charge in [-0.2, -0.15) is 0 Å². The molecule has 4 aliphatic rings. The second-order valence-corrected chi connectivity index (χ2v) is 10.6. The predicted molar refractivity (Wildman–Crippen MR) is 103 cm³/mol. The summed E-state index contributed by atoms with van der Waals surface area (Å²) in [5.74, 6) is 2.62. The van der Waals surface area contributed by atoms with Crippen LogP contribution in [0.4, 0.5) is 0 Å². The third-order valence-electron chi connectivity index (χ3n) is 9.74. The van der Waals surface area contributed by atoms with Gasteiger partial charge in [0.1, 0.15) is 0 Å². The summed E-state index contributed by atoms with van der Waals surface area (Å²) in [6, 6.07) is 0. The maximum Gasteiger partial charge on any atom is 0.303 e. The summed E-state index contributed by atoms with van der Waals surface area (Å²) < 4.78 is 0. The van der Waals surface area contributed by atoms with Crippen LogP contribution in [0.15, 0.2) is 0 Å². The Kier molecular flexibility index (Phi) is 4.91. The zero-order valence-electron chi connectivity index (χ0n) is 16.8. The summed E-state index contributed by atoms with van der Waals surface area (Å²) >= 11 is 0. The quantitative estimate of drug-likeness (QED) is 0.717. The minimum atomic E-state index is -0.660. The Morgan fingerprint density at radius 1 is 1.00 bits per heavy atom. The Hall–Kier alpha value is -0.570. The number of aliphatic carboxylic acids is 1. The van der Waals surface area contributed by atoms with Crippen molar-refractivity contribution >= 4 is 5.97 Å². The third kappa shape index (κ3) is 2.84. The van der Waals surface area contributed by atoms with Crippen LogP contribution in [0.1, 0.15) is 90.9 Å². The summed E-state index contributed by atoms with van der Waals surface area (Å²) in [6.45, 7) is 5.04. The van der Waals surface area contributed by atoms with E-state index in [4.69, 9.17) is 5.11 Å². The van der Waals surface area contributed by atoms with Gasteiger partial charge in [0, 0.05) is 6.42 Å². The zero-order chi connectivity index (χ0) is 18.5. The lowest BCUT2D eigenvalue weighted by Crippen LogP contribution is -2.57. The Morgan fingerprint density at radius 3 is 2.54 bits per heavy atom. The topological polar surface area (TPSA) is 57.5 Å². The van der Waals surface area contributed by atoms with E-state index in [-0.39, 0.29) is 6.10 Å². The van der Waals surface area contributed by atoms with E-state index < -0.39 is 5.97 Å². The average molecular weight is 363 g/mol. The van der Waals surface area contributed by atoms with E-state index in [2.05, 4.69) is 13.8 Å². The minimum absolute atomic E-state index is 0.0985. The molecule has 0 spiro atoms. The van der Waals surface area contributed by atoms with E-state index in [1.165, 1.54) is 51.4 Å². The normalized spacial score (nSPS) is 50.6. The number of fused-ring (bicyclic) bond motifs is 5. The maximum atomic E-state index is 11.2. The standard InChI is InChI=1S/C23H38O3/c1-22-12-4-3-6-16(22)14-19(24)21-17-10-9-15(7-5-8-20(25)26)23(17,2)13-11-18(21)22/h15-19,21,24H,3-14H2,1-2H3,(H,25,26)/t15-,16?,17?,18?,19?,21?,22-,23+/m0/s1. The molecule has 0 aromatic carbocycles. The molecule has 0 saturated heterocycles. The van der Waals surface area contributed by atoms with Gasteiger partial charge in [-0.25, -0.2) is 0 Å². The Balaban J connectivity index is 1.53. The Labute approximate surface area is 158 Å². The lowest BCUT2D eigenvalue weighted by Gasteiger charge is -2.62. The van der Waals surface area contributed by atoms with Gasteiger partial charge >= 0.3 is 5.97 Å². The van der Waals surface area contributed by atoms with E-state index in [1.54, 1.807) is 0 Å². The van der Waals surface area contributed by atoms with Crippen LogP contribution in [-0.4, -0.2) is 22.3 Å². The Morgan fingerprint density at radius 2 is 1.77 bits per heavy atom. The molecule has 3 nitrogen and oxygen atoms in total. The molecule has 0 amide bonds. The van der Waals surface area contributed by atoms with Crippen LogP contribution in [0.2, 0.25) is 0 Å². The van der Waals surface area contributed by atoms with Crippen molar-refractivity contribution in [2.24, 2.45) is 40.4 Å².